The van der Waals surface area contributed by atoms with Gasteiger partial charge in [0, 0.05) is 41.3 Å². The second-order valence-electron chi connectivity index (χ2n) is 28.6. The normalized spacial score (nSPS) is 56.3. The molecule has 0 radical (unpaired) electrons. The monoisotopic (exact) mass is 1020 g/mol. The second-order valence-corrected chi connectivity index (χ2v) is 28.6. The average Bonchev–Trinajstić information content (AvgIpc) is 2.99. The molecule has 74 heavy (non-hydrogen) atoms. The molecule has 1 aromatic heterocycles. The highest BCUT2D eigenvalue weighted by molar-refractivity contribution is 5.94. The number of ketones is 1. The largest absolute Gasteiger partial charge is 0.469 e. The number of hydrogen-bond acceptors (Lipinski definition) is 13. The summed E-state index contributed by atoms with van der Waals surface area (Å²) in [5.41, 5.74) is -5.10. The Balaban J connectivity index is 0.822. The molecule has 8 aliphatic carbocycles. The van der Waals surface area contributed by atoms with Crippen LogP contribution in [-0.4, -0.2) is 106 Å². The Morgan fingerprint density at radius 3 is 2.61 bits per heavy atom. The summed E-state index contributed by atoms with van der Waals surface area (Å²) >= 11 is 0. The van der Waals surface area contributed by atoms with Crippen molar-refractivity contribution < 1.29 is 53.1 Å². The molecular weight excluding hydrogens is 937 g/mol. The molecule has 400 valence electrons. The summed E-state index contributed by atoms with van der Waals surface area (Å²) < 4.78 is 35.3. The number of allylic oxidation sites excluding steroid dienone is 1. The third kappa shape index (κ3) is 5.17. The predicted molar refractivity (Wildman–Crippen MR) is 267 cm³/mol. The van der Waals surface area contributed by atoms with E-state index in [1.54, 1.807) is 6.26 Å². The molecule has 8 saturated carbocycles. The molecule has 5 saturated heterocycles. The smallest absolute Gasteiger partial charge is 0.339 e. The quantitative estimate of drug-likeness (QED) is 0.122. The van der Waals surface area contributed by atoms with E-state index >= 15 is 9.59 Å². The number of carbonyl (C=O) groups excluding carboxylic acids is 3. The van der Waals surface area contributed by atoms with E-state index in [9.17, 15) is 20.1 Å². The van der Waals surface area contributed by atoms with Crippen molar-refractivity contribution in [2.24, 2.45) is 105 Å². The fourth-order valence-electron chi connectivity index (χ4n) is 24.5. The lowest BCUT2D eigenvalue weighted by Crippen LogP contribution is -2.80. The first-order chi connectivity index (χ1) is 35.6. The third-order valence-electron chi connectivity index (χ3n) is 26.7. The highest BCUT2D eigenvalue weighted by Gasteiger charge is 2.97. The lowest BCUT2D eigenvalue weighted by Gasteiger charge is -2.70. The molecule has 1 aromatic rings. The van der Waals surface area contributed by atoms with Gasteiger partial charge in [-0.3, -0.25) is 14.9 Å². The van der Waals surface area contributed by atoms with Crippen molar-refractivity contribution in [1.82, 2.24) is 10.2 Å². The highest BCUT2D eigenvalue weighted by Crippen LogP contribution is 2.89. The summed E-state index contributed by atoms with van der Waals surface area (Å²) in [4.78, 5) is 49.1. The zero-order chi connectivity index (χ0) is 50.4. The number of nitrogens with zero attached hydrogens (tertiary/aromatic N) is 1. The van der Waals surface area contributed by atoms with E-state index in [0.717, 1.165) is 82.5 Å². The summed E-state index contributed by atoms with van der Waals surface area (Å²) in [6, 6.07) is 2.39. The van der Waals surface area contributed by atoms with Crippen molar-refractivity contribution >= 4 is 17.7 Å². The minimum Gasteiger partial charge on any atom is -0.469 e. The maximum absolute atomic E-state index is 16.5. The number of ether oxygens (including phenoxy) is 4. The summed E-state index contributed by atoms with van der Waals surface area (Å²) in [5.74, 6) is 0.980. The second kappa shape index (κ2) is 15.2. The van der Waals surface area contributed by atoms with Gasteiger partial charge >= 0.3 is 11.9 Å². The van der Waals surface area contributed by atoms with Crippen molar-refractivity contribution in [2.75, 3.05) is 26.4 Å². The van der Waals surface area contributed by atoms with E-state index < -0.39 is 80.7 Å². The first-order valence-corrected chi connectivity index (χ1v) is 29.8. The Bertz CT molecular complexity index is 2670. The van der Waals surface area contributed by atoms with E-state index in [0.29, 0.717) is 54.2 Å². The van der Waals surface area contributed by atoms with Crippen molar-refractivity contribution in [3.63, 3.8) is 0 Å². The SMILES string of the molecule is CC1C2CCCCC2CCC1C1C=C2CC3CCCC34CC3CC5(C)C(c6ccoc6CC(C(O)CO)C6CCC7C(C=CN8CNCC78)C6)OC(=O)C6OC65C5(C)C(O)C(=O)C6C1(C)OC21C4C(=O)OCC61C35. The zero-order valence-corrected chi connectivity index (χ0v) is 44.1. The molecule has 5 bridgehead atoms. The van der Waals surface area contributed by atoms with Gasteiger partial charge in [0.2, 0.25) is 0 Å². The van der Waals surface area contributed by atoms with Crippen LogP contribution in [0.2, 0.25) is 0 Å². The van der Waals surface area contributed by atoms with Crippen LogP contribution in [0.25, 0.3) is 0 Å². The third-order valence-corrected chi connectivity index (χ3v) is 26.7. The van der Waals surface area contributed by atoms with Crippen LogP contribution in [0.3, 0.4) is 0 Å². The summed E-state index contributed by atoms with van der Waals surface area (Å²) in [5, 5.41) is 39.6. The van der Waals surface area contributed by atoms with Gasteiger partial charge < -0.3 is 43.6 Å². The van der Waals surface area contributed by atoms with E-state index in [1.807, 2.05) is 6.07 Å². The lowest BCUT2D eigenvalue weighted by atomic mass is 9.32. The van der Waals surface area contributed by atoms with Gasteiger partial charge in [0.25, 0.3) is 0 Å². The van der Waals surface area contributed by atoms with Crippen molar-refractivity contribution in [1.29, 1.82) is 0 Å². The van der Waals surface area contributed by atoms with Gasteiger partial charge in [-0.05, 0) is 166 Å². The topological polar surface area (TPSA) is 181 Å². The van der Waals surface area contributed by atoms with E-state index in [2.05, 4.69) is 56.3 Å². The maximum atomic E-state index is 16.5. The maximum Gasteiger partial charge on any atom is 0.339 e. The number of fused-ring (bicyclic) bond motifs is 6. The van der Waals surface area contributed by atoms with Crippen LogP contribution < -0.4 is 5.32 Å². The minimum absolute atomic E-state index is 0.0493. The number of hydrogen-bond donors (Lipinski definition) is 4. The van der Waals surface area contributed by atoms with Crippen molar-refractivity contribution in [3.8, 4) is 0 Å². The number of esters is 2. The van der Waals surface area contributed by atoms with Crippen molar-refractivity contribution in [3.05, 3.63) is 47.6 Å². The molecule has 13 fully saturated rings. The fourth-order valence-corrected chi connectivity index (χ4v) is 24.5. The highest BCUT2D eigenvalue weighted by atomic mass is 16.7. The number of rotatable bonds is 7. The number of epoxide rings is 1. The molecule has 16 rings (SSSR count). The van der Waals surface area contributed by atoms with Gasteiger partial charge in [0.15, 0.2) is 11.9 Å². The van der Waals surface area contributed by atoms with Crippen LogP contribution in [0.4, 0.5) is 0 Å². The van der Waals surface area contributed by atoms with Gasteiger partial charge in [-0.25, -0.2) is 4.79 Å². The van der Waals surface area contributed by atoms with Crippen molar-refractivity contribution in [2.45, 2.75) is 178 Å². The van der Waals surface area contributed by atoms with Crippen LogP contribution in [0.1, 0.15) is 141 Å². The zero-order valence-electron chi connectivity index (χ0n) is 44.1. The van der Waals surface area contributed by atoms with Gasteiger partial charge in [0.05, 0.1) is 48.5 Å². The minimum atomic E-state index is -1.48. The number of aliphatic hydroxyl groups excluding tert-OH is 3. The molecule has 13 heteroatoms. The summed E-state index contributed by atoms with van der Waals surface area (Å²) in [6.07, 6.45) is 20.3. The van der Waals surface area contributed by atoms with Crippen LogP contribution in [0.5, 0.6) is 0 Å². The molecule has 26 unspecified atom stereocenters. The van der Waals surface area contributed by atoms with E-state index in [1.165, 1.54) is 37.7 Å². The standard InChI is InChI=1S/C61H80N2O11/c1-30-37-10-6-5-8-31(37)11-13-38(30)42-22-36-21-35-9-7-17-58(35)25-34-24-55(2)51(40-16-19-70-45(40)23-41(44(65)27-64)32-12-14-39-33(20-32)15-18-63-29-62-26-43(39)63)72-54(69)52-61(55,73-52)56(3)47(34)59-28-71-53(68)49(58)60(36,59)74-57(42,4)48(59)46(66)50(56)67/h15-16,18-19,22,30-35,37-39,41-44,47-52,62,64-65,67H,5-14,17,20-21,23-29H2,1-4H3. The molecule has 8 heterocycles. The van der Waals surface area contributed by atoms with Gasteiger partial charge in [-0.1, -0.05) is 58.6 Å². The van der Waals surface area contributed by atoms with Gasteiger partial charge in [0.1, 0.15) is 35.8 Å². The van der Waals surface area contributed by atoms with E-state index in [-0.39, 0.29) is 60.5 Å². The summed E-state index contributed by atoms with van der Waals surface area (Å²) in [6.45, 7) is 10.5. The Morgan fingerprint density at radius 2 is 1.76 bits per heavy atom. The molecule has 0 amide bonds. The summed E-state index contributed by atoms with van der Waals surface area (Å²) in [7, 11) is 0. The molecule has 4 spiro atoms. The Morgan fingerprint density at radius 1 is 0.919 bits per heavy atom. The van der Waals surface area contributed by atoms with E-state index in [4.69, 9.17) is 23.4 Å². The van der Waals surface area contributed by atoms with Crippen LogP contribution in [0, 0.1) is 105 Å². The molecule has 13 nitrogen and oxygen atoms in total. The van der Waals surface area contributed by atoms with Crippen LogP contribution in [-0.2, 0) is 39.8 Å². The Labute approximate surface area is 435 Å². The molecule has 0 aromatic carbocycles. The number of furan rings is 1. The average molecular weight is 1020 g/mol. The molecule has 15 aliphatic rings. The van der Waals surface area contributed by atoms with Gasteiger partial charge in [-0.15, -0.1) is 0 Å². The molecule has 7 aliphatic heterocycles. The molecule has 26 atom stereocenters. The fraction of sp³-hybridized carbons (Fsp3) is 0.820. The lowest BCUT2D eigenvalue weighted by molar-refractivity contribution is -0.281. The van der Waals surface area contributed by atoms with Gasteiger partial charge in [-0.2, -0.15) is 0 Å². The molecule has 4 N–H and O–H groups in total. The number of Topliss-reactive ketones (excluding diaryl/α,β-unsaturated/α-hetero) is 1. The predicted octanol–water partition coefficient (Wildman–Crippen LogP) is 7.22. The van der Waals surface area contributed by atoms with Crippen LogP contribution in [0.15, 0.2) is 40.7 Å². The number of cyclic esters (lactones) is 2. The number of nitrogens with one attached hydrogen (secondary N) is 1. The molecular formula is C61H80N2O11. The first kappa shape index (κ1) is 47.0. The van der Waals surface area contributed by atoms with Crippen LogP contribution >= 0.6 is 0 Å². The Hall–Kier alpha value is -3.07. The Kier molecular flexibility index (Phi) is 9.64. The first-order valence-electron chi connectivity index (χ1n) is 29.8. The number of carbonyl (C=O) groups is 3. The number of aliphatic hydroxyl groups is 3.